The van der Waals surface area contributed by atoms with Gasteiger partial charge in [-0.1, -0.05) is 29.7 Å². The van der Waals surface area contributed by atoms with Crippen LogP contribution in [-0.2, 0) is 4.79 Å². The third-order valence-corrected chi connectivity index (χ3v) is 6.57. The Morgan fingerprint density at radius 1 is 0.946 bits per heavy atom. The van der Waals surface area contributed by atoms with E-state index >= 15 is 0 Å². The zero-order valence-corrected chi connectivity index (χ0v) is 21.7. The molecule has 1 aliphatic heterocycles. The largest absolute Gasteiger partial charge is 0.321 e. The number of likely N-dealkylation sites (tertiary alicyclic amines) is 1. The van der Waals surface area contributed by atoms with Crippen molar-refractivity contribution in [2.75, 3.05) is 42.2 Å². The number of likely N-dealkylation sites (N-methyl/N-ethyl adjacent to an activating group) is 1. The van der Waals surface area contributed by atoms with E-state index < -0.39 is 5.91 Å². The lowest BCUT2D eigenvalue weighted by Crippen LogP contribution is -2.40. The van der Waals surface area contributed by atoms with Gasteiger partial charge in [-0.05, 0) is 81.4 Å². The fourth-order valence-electron chi connectivity index (χ4n) is 4.20. The number of benzene rings is 2. The van der Waals surface area contributed by atoms with Crippen LogP contribution in [0.2, 0.25) is 5.02 Å². The number of nitrogens with one attached hydrogen (secondary N) is 2. The number of carbonyl (C=O) groups is 3. The number of aromatic nitrogens is 1. The molecule has 1 saturated heterocycles. The molecule has 37 heavy (non-hydrogen) atoms. The van der Waals surface area contributed by atoms with E-state index in [1.54, 1.807) is 60.5 Å². The first-order valence-corrected chi connectivity index (χ1v) is 12.6. The first-order chi connectivity index (χ1) is 17.8. The van der Waals surface area contributed by atoms with Gasteiger partial charge in [-0.25, -0.2) is 4.98 Å². The van der Waals surface area contributed by atoms with Crippen molar-refractivity contribution < 1.29 is 14.4 Å². The van der Waals surface area contributed by atoms with Crippen LogP contribution in [-0.4, -0.2) is 54.3 Å². The van der Waals surface area contributed by atoms with Crippen LogP contribution in [0.3, 0.4) is 0 Å². The normalized spacial score (nSPS) is 13.6. The highest BCUT2D eigenvalue weighted by Gasteiger charge is 2.19. The van der Waals surface area contributed by atoms with Gasteiger partial charge in [0.1, 0.15) is 5.82 Å². The molecule has 1 aromatic heterocycles. The monoisotopic (exact) mass is 519 g/mol. The molecule has 192 valence electrons. The van der Waals surface area contributed by atoms with Gasteiger partial charge >= 0.3 is 0 Å². The first kappa shape index (κ1) is 26.3. The Morgan fingerprint density at radius 3 is 2.38 bits per heavy atom. The summed E-state index contributed by atoms with van der Waals surface area (Å²) in [7, 11) is 1.74. The summed E-state index contributed by atoms with van der Waals surface area (Å²) in [6, 6.07) is 15.2. The topological polar surface area (TPSA) is 94.6 Å². The number of hydrogen-bond donors (Lipinski definition) is 2. The van der Waals surface area contributed by atoms with E-state index in [2.05, 4.69) is 20.5 Å². The number of hydrogen-bond acceptors (Lipinski definition) is 5. The molecular weight excluding hydrogens is 490 g/mol. The average Bonchev–Trinajstić information content (AvgIpc) is 2.90. The predicted octanol–water partition coefficient (Wildman–Crippen LogP) is 5.00. The second kappa shape index (κ2) is 12.0. The van der Waals surface area contributed by atoms with Crippen molar-refractivity contribution in [3.63, 3.8) is 0 Å². The number of nitrogens with zero attached hydrogens (tertiary/aromatic N) is 3. The number of piperidine rings is 1. The van der Waals surface area contributed by atoms with Crippen LogP contribution >= 0.6 is 11.6 Å². The number of halogens is 1. The third-order valence-electron chi connectivity index (χ3n) is 6.33. The summed E-state index contributed by atoms with van der Waals surface area (Å²) in [5.74, 6) is -0.458. The van der Waals surface area contributed by atoms with Crippen molar-refractivity contribution in [1.29, 1.82) is 0 Å². The molecule has 0 aliphatic carbocycles. The molecule has 2 heterocycles. The number of amides is 3. The second-order valence-electron chi connectivity index (χ2n) is 9.15. The van der Waals surface area contributed by atoms with E-state index in [0.717, 1.165) is 31.5 Å². The summed E-state index contributed by atoms with van der Waals surface area (Å²) < 4.78 is 0. The summed E-state index contributed by atoms with van der Waals surface area (Å²) in [5.41, 5.74) is 2.65. The molecule has 0 saturated carbocycles. The van der Waals surface area contributed by atoms with E-state index in [-0.39, 0.29) is 11.8 Å². The fourth-order valence-corrected chi connectivity index (χ4v) is 4.36. The maximum Gasteiger partial charge on any atom is 0.258 e. The van der Waals surface area contributed by atoms with Gasteiger partial charge in [0.25, 0.3) is 11.8 Å². The molecule has 9 heteroatoms. The van der Waals surface area contributed by atoms with Crippen LogP contribution in [0.25, 0.3) is 0 Å². The summed E-state index contributed by atoms with van der Waals surface area (Å²) in [5, 5.41) is 5.99. The Morgan fingerprint density at radius 2 is 1.68 bits per heavy atom. The zero-order valence-electron chi connectivity index (χ0n) is 21.0. The van der Waals surface area contributed by atoms with Gasteiger partial charge in [-0.15, -0.1) is 0 Å². The molecule has 4 rings (SSSR count). The molecule has 0 unspecified atom stereocenters. The minimum Gasteiger partial charge on any atom is -0.321 e. The van der Waals surface area contributed by atoms with Gasteiger partial charge in [-0.3, -0.25) is 19.3 Å². The van der Waals surface area contributed by atoms with Crippen LogP contribution in [0.15, 0.2) is 60.8 Å². The highest BCUT2D eigenvalue weighted by Crippen LogP contribution is 2.22. The maximum absolute atomic E-state index is 13.0. The number of anilines is 3. The van der Waals surface area contributed by atoms with Gasteiger partial charge < -0.3 is 15.5 Å². The van der Waals surface area contributed by atoms with Crippen molar-refractivity contribution in [3.8, 4) is 0 Å². The number of aryl methyl sites for hydroxylation is 1. The van der Waals surface area contributed by atoms with Gasteiger partial charge in [0, 0.05) is 29.5 Å². The van der Waals surface area contributed by atoms with Gasteiger partial charge in [0.05, 0.1) is 17.8 Å². The van der Waals surface area contributed by atoms with E-state index in [9.17, 15) is 14.4 Å². The average molecular weight is 520 g/mol. The van der Waals surface area contributed by atoms with Crippen LogP contribution in [0.4, 0.5) is 17.2 Å². The lowest BCUT2D eigenvalue weighted by molar-refractivity contribution is -0.119. The molecule has 0 radical (unpaired) electrons. The minimum atomic E-state index is -0.419. The summed E-state index contributed by atoms with van der Waals surface area (Å²) in [6.07, 6.45) is 4.97. The second-order valence-corrected chi connectivity index (χ2v) is 9.59. The SMILES string of the molecule is Cc1ccc(NC(=O)c2ccc(N(C)C(=O)CN3CCCCC3)cc2)c(C(=O)Nc2cc(Cl)ccn2)c1. The summed E-state index contributed by atoms with van der Waals surface area (Å²) in [4.78, 5) is 46.6. The Bertz CT molecular complexity index is 1290. The first-order valence-electron chi connectivity index (χ1n) is 12.2. The van der Waals surface area contributed by atoms with Crippen LogP contribution < -0.4 is 15.5 Å². The van der Waals surface area contributed by atoms with Gasteiger partial charge in [0.15, 0.2) is 0 Å². The third kappa shape index (κ3) is 6.93. The molecule has 1 fully saturated rings. The molecule has 2 aromatic carbocycles. The molecule has 2 N–H and O–H groups in total. The zero-order chi connectivity index (χ0) is 26.4. The van der Waals surface area contributed by atoms with E-state index in [1.807, 2.05) is 13.0 Å². The molecular formula is C28H30ClN5O3. The van der Waals surface area contributed by atoms with E-state index in [0.29, 0.717) is 39.9 Å². The standard InChI is InChI=1S/C28H30ClN5O3/c1-19-6-11-24(23(16-19)28(37)32-25-17-21(29)12-13-30-25)31-27(36)20-7-9-22(10-8-20)33(2)26(35)18-34-14-4-3-5-15-34/h6-13,16-17H,3-5,14-15,18H2,1-2H3,(H,31,36)(H,30,32,37). The lowest BCUT2D eigenvalue weighted by Gasteiger charge is -2.28. The Hall–Kier alpha value is -3.75. The van der Waals surface area contributed by atoms with E-state index in [1.165, 1.54) is 12.6 Å². The van der Waals surface area contributed by atoms with Crippen LogP contribution in [0, 0.1) is 6.92 Å². The van der Waals surface area contributed by atoms with Crippen LogP contribution in [0.5, 0.6) is 0 Å². The smallest absolute Gasteiger partial charge is 0.258 e. The van der Waals surface area contributed by atoms with Crippen molar-refractivity contribution in [2.24, 2.45) is 0 Å². The lowest BCUT2D eigenvalue weighted by atomic mass is 10.1. The minimum absolute atomic E-state index is 0.0172. The molecule has 3 aromatic rings. The highest BCUT2D eigenvalue weighted by molar-refractivity contribution is 6.30. The molecule has 0 bridgehead atoms. The Balaban J connectivity index is 1.43. The summed E-state index contributed by atoms with van der Waals surface area (Å²) in [6.45, 7) is 4.16. The number of pyridine rings is 1. The molecule has 8 nitrogen and oxygen atoms in total. The maximum atomic E-state index is 13.0. The predicted molar refractivity (Wildman–Crippen MR) is 146 cm³/mol. The van der Waals surface area contributed by atoms with Gasteiger partial charge in [0.2, 0.25) is 5.91 Å². The molecule has 3 amide bonds. The molecule has 1 aliphatic rings. The van der Waals surface area contributed by atoms with Gasteiger partial charge in [-0.2, -0.15) is 0 Å². The van der Waals surface area contributed by atoms with Crippen LogP contribution in [0.1, 0.15) is 45.5 Å². The number of rotatable bonds is 7. The van der Waals surface area contributed by atoms with Crippen molar-refractivity contribution in [2.45, 2.75) is 26.2 Å². The van der Waals surface area contributed by atoms with E-state index in [4.69, 9.17) is 11.6 Å². The summed E-state index contributed by atoms with van der Waals surface area (Å²) >= 11 is 5.99. The quantitative estimate of drug-likeness (QED) is 0.458. The van der Waals surface area contributed by atoms with Crippen molar-refractivity contribution in [1.82, 2.24) is 9.88 Å². The highest BCUT2D eigenvalue weighted by atomic mass is 35.5. The molecule has 0 atom stereocenters. The van der Waals surface area contributed by atoms with Crippen molar-refractivity contribution in [3.05, 3.63) is 82.5 Å². The fraction of sp³-hybridized carbons (Fsp3) is 0.286. The Labute approximate surface area is 221 Å². The molecule has 0 spiro atoms. The Kier molecular flexibility index (Phi) is 8.53. The van der Waals surface area contributed by atoms with Crippen molar-refractivity contribution >= 4 is 46.5 Å². The number of carbonyl (C=O) groups excluding carboxylic acids is 3.